The summed E-state index contributed by atoms with van der Waals surface area (Å²) in [5.74, 6) is -1.75. The van der Waals surface area contributed by atoms with Crippen molar-refractivity contribution in [2.24, 2.45) is 0 Å². The van der Waals surface area contributed by atoms with E-state index in [1.165, 1.54) is 43.0 Å². The number of rotatable bonds is 3. The SMILES string of the molecule is O=C(O)c1cccc(C(=O)O[n+]2cccnc2)c1.[CaH2]. The molecule has 0 aliphatic rings. The molecule has 7 heteroatoms. The summed E-state index contributed by atoms with van der Waals surface area (Å²) in [6, 6.07) is 7.21. The van der Waals surface area contributed by atoms with Crippen molar-refractivity contribution in [2.75, 3.05) is 0 Å². The zero-order chi connectivity index (χ0) is 13.0. The molecule has 0 amide bonds. The Kier molecular flexibility index (Phi) is 5.88. The predicted molar refractivity (Wildman–Crippen MR) is 67.3 cm³/mol. The van der Waals surface area contributed by atoms with Gasteiger partial charge in [0.1, 0.15) is 12.4 Å². The van der Waals surface area contributed by atoms with Crippen molar-refractivity contribution in [1.82, 2.24) is 4.98 Å². The third-order valence-corrected chi connectivity index (χ3v) is 2.12. The summed E-state index contributed by atoms with van der Waals surface area (Å²) in [6.07, 6.45) is 4.36. The molecule has 0 saturated carbocycles. The number of carboxylic acid groups (broad SMARTS) is 1. The van der Waals surface area contributed by atoms with Gasteiger partial charge in [-0.15, -0.1) is 0 Å². The van der Waals surface area contributed by atoms with Crippen LogP contribution in [-0.2, 0) is 0 Å². The molecule has 1 aromatic carbocycles. The molecule has 1 aromatic heterocycles. The zero-order valence-electron chi connectivity index (χ0n) is 9.19. The second-order valence-corrected chi connectivity index (χ2v) is 3.38. The number of aromatic carboxylic acids is 1. The van der Waals surface area contributed by atoms with E-state index in [0.717, 1.165) is 4.73 Å². The standard InChI is InChI=1S/C12H8N2O4.Ca.2H/c15-11(16)9-3-1-4-10(7-9)12(17)18-14-6-2-5-13-8-14;;;/h1-8H;;;/p+1. The Morgan fingerprint density at radius 2 is 1.95 bits per heavy atom. The first-order valence-electron chi connectivity index (χ1n) is 5.04. The van der Waals surface area contributed by atoms with Crippen LogP contribution in [0.1, 0.15) is 20.7 Å². The van der Waals surface area contributed by atoms with Crippen LogP contribution < -0.4 is 9.57 Å². The number of carbonyl (C=O) groups excluding carboxylic acids is 1. The molecule has 0 radical (unpaired) electrons. The first-order chi connectivity index (χ1) is 8.66. The molecular weight excluding hydrogens is 276 g/mol. The summed E-state index contributed by atoms with van der Waals surface area (Å²) in [5, 5.41) is 8.81. The fourth-order valence-corrected chi connectivity index (χ4v) is 1.30. The predicted octanol–water partition coefficient (Wildman–Crippen LogP) is -0.580. The van der Waals surface area contributed by atoms with Gasteiger partial charge in [0.25, 0.3) is 0 Å². The first-order valence-corrected chi connectivity index (χ1v) is 5.04. The van der Waals surface area contributed by atoms with Crippen LogP contribution >= 0.6 is 0 Å². The fourth-order valence-electron chi connectivity index (χ4n) is 1.30. The maximum atomic E-state index is 11.7. The van der Waals surface area contributed by atoms with Crippen molar-refractivity contribution in [2.45, 2.75) is 0 Å². The van der Waals surface area contributed by atoms with Gasteiger partial charge in [-0.05, 0) is 22.9 Å². The monoisotopic (exact) mass is 287 g/mol. The molecule has 6 nitrogen and oxygen atoms in total. The van der Waals surface area contributed by atoms with E-state index in [4.69, 9.17) is 9.94 Å². The minimum absolute atomic E-state index is 0. The van der Waals surface area contributed by atoms with E-state index in [1.54, 1.807) is 6.07 Å². The van der Waals surface area contributed by atoms with Crippen LogP contribution in [0, 0.1) is 0 Å². The van der Waals surface area contributed by atoms with Crippen molar-refractivity contribution in [1.29, 1.82) is 0 Å². The Hall–Kier alpha value is -1.50. The van der Waals surface area contributed by atoms with Crippen molar-refractivity contribution in [3.05, 3.63) is 60.2 Å². The van der Waals surface area contributed by atoms with Crippen LogP contribution in [0.4, 0.5) is 0 Å². The molecule has 1 heterocycles. The summed E-state index contributed by atoms with van der Waals surface area (Å²) < 4.78 is 1.13. The van der Waals surface area contributed by atoms with Gasteiger partial charge in [-0.3, -0.25) is 4.84 Å². The van der Waals surface area contributed by atoms with Crippen LogP contribution in [0.25, 0.3) is 0 Å². The van der Waals surface area contributed by atoms with E-state index in [9.17, 15) is 9.59 Å². The molecular formula is C12H11CaN2O4+. The van der Waals surface area contributed by atoms with Gasteiger partial charge >= 0.3 is 56.0 Å². The van der Waals surface area contributed by atoms with E-state index < -0.39 is 11.9 Å². The number of carbonyl (C=O) groups is 2. The van der Waals surface area contributed by atoms with Gasteiger partial charge in [-0.25, -0.2) is 9.59 Å². The molecule has 0 atom stereocenters. The van der Waals surface area contributed by atoms with Crippen LogP contribution in [0.2, 0.25) is 0 Å². The topological polar surface area (TPSA) is 80.4 Å². The number of hydrogen-bond acceptors (Lipinski definition) is 4. The molecule has 0 saturated heterocycles. The summed E-state index contributed by atoms with van der Waals surface area (Å²) in [5.41, 5.74) is 0.187. The molecule has 0 spiro atoms. The summed E-state index contributed by atoms with van der Waals surface area (Å²) in [6.45, 7) is 0. The Bertz CT molecular complexity index is 589. The number of nitrogens with zero attached hydrogens (tertiary/aromatic N) is 2. The van der Waals surface area contributed by atoms with Gasteiger partial charge < -0.3 is 5.11 Å². The number of carboxylic acids is 1. The molecule has 0 aliphatic heterocycles. The maximum absolute atomic E-state index is 11.7. The third kappa shape index (κ3) is 4.27. The van der Waals surface area contributed by atoms with E-state index in [-0.39, 0.29) is 48.9 Å². The molecule has 2 rings (SSSR count). The quantitative estimate of drug-likeness (QED) is 0.603. The van der Waals surface area contributed by atoms with E-state index in [0.29, 0.717) is 0 Å². The average molecular weight is 287 g/mol. The Balaban J connectivity index is 0.00000180. The fraction of sp³-hybridized carbons (Fsp3) is 0. The minimum atomic E-state index is -1.10. The van der Waals surface area contributed by atoms with Gasteiger partial charge in [0.15, 0.2) is 0 Å². The Labute approximate surface area is 138 Å². The molecule has 0 fully saturated rings. The molecule has 19 heavy (non-hydrogen) atoms. The van der Waals surface area contributed by atoms with E-state index in [2.05, 4.69) is 4.98 Å². The Morgan fingerprint density at radius 1 is 1.21 bits per heavy atom. The van der Waals surface area contributed by atoms with Gasteiger partial charge in [0.05, 0.1) is 11.1 Å². The number of aromatic nitrogens is 2. The molecule has 0 bridgehead atoms. The zero-order valence-corrected chi connectivity index (χ0v) is 9.19. The van der Waals surface area contributed by atoms with Crippen LogP contribution in [0.3, 0.4) is 0 Å². The third-order valence-electron chi connectivity index (χ3n) is 2.12. The number of hydrogen-bond donors (Lipinski definition) is 1. The van der Waals surface area contributed by atoms with Crippen molar-refractivity contribution in [3.8, 4) is 0 Å². The first kappa shape index (κ1) is 15.6. The summed E-state index contributed by atoms with van der Waals surface area (Å²) in [7, 11) is 0. The molecule has 0 unspecified atom stereocenters. The molecule has 1 N–H and O–H groups in total. The average Bonchev–Trinajstić information content (AvgIpc) is 2.40. The molecule has 2 aromatic rings. The van der Waals surface area contributed by atoms with Gasteiger partial charge in [0, 0.05) is 6.07 Å². The van der Waals surface area contributed by atoms with Gasteiger partial charge in [-0.2, -0.15) is 0 Å². The van der Waals surface area contributed by atoms with Gasteiger partial charge in [-0.1, -0.05) is 11.1 Å². The van der Waals surface area contributed by atoms with Crippen LogP contribution in [0.5, 0.6) is 0 Å². The van der Waals surface area contributed by atoms with Crippen LogP contribution in [0.15, 0.2) is 49.1 Å². The molecule has 0 aliphatic carbocycles. The van der Waals surface area contributed by atoms with E-state index >= 15 is 0 Å². The number of benzene rings is 1. The summed E-state index contributed by atoms with van der Waals surface area (Å²) >= 11 is 0. The Morgan fingerprint density at radius 3 is 2.58 bits per heavy atom. The second-order valence-electron chi connectivity index (χ2n) is 3.38. The van der Waals surface area contributed by atoms with Gasteiger partial charge in [0.2, 0.25) is 0 Å². The van der Waals surface area contributed by atoms with Crippen molar-refractivity contribution < 1.29 is 24.3 Å². The van der Waals surface area contributed by atoms with Crippen molar-refractivity contribution in [3.63, 3.8) is 0 Å². The normalized spacial score (nSPS) is 9.26. The summed E-state index contributed by atoms with van der Waals surface area (Å²) in [4.78, 5) is 31.2. The van der Waals surface area contributed by atoms with Crippen LogP contribution in [-0.4, -0.2) is 59.8 Å². The van der Waals surface area contributed by atoms with Crippen molar-refractivity contribution >= 4 is 49.7 Å². The van der Waals surface area contributed by atoms with E-state index in [1.807, 2.05) is 0 Å². The second kappa shape index (κ2) is 7.18. The molecule has 94 valence electrons.